The molecule has 528 valence electrons. The first kappa shape index (κ1) is 87.1. The molecule has 3 N–H and O–H groups in total. The van der Waals surface area contributed by atoms with Gasteiger partial charge in [-0.1, -0.05) is 305 Å². The Balaban J connectivity index is 5.18. The predicted molar refractivity (Wildman–Crippen MR) is 358 cm³/mol. The molecule has 0 spiro atoms. The number of hydrogen-bond acceptors (Lipinski definition) is 15. The van der Waals surface area contributed by atoms with Gasteiger partial charge in [-0.25, -0.2) is 9.13 Å². The molecular formula is C70H136O17P2. The molecule has 0 aliphatic heterocycles. The average Bonchev–Trinajstić information content (AvgIpc) is 3.70. The summed E-state index contributed by atoms with van der Waals surface area (Å²) in [5, 5.41) is 10.6. The van der Waals surface area contributed by atoms with Crippen LogP contribution in [0.5, 0.6) is 0 Å². The van der Waals surface area contributed by atoms with Gasteiger partial charge in [-0.15, -0.1) is 0 Å². The van der Waals surface area contributed by atoms with Crippen LogP contribution in [0.2, 0.25) is 0 Å². The summed E-state index contributed by atoms with van der Waals surface area (Å²) in [6.45, 7) is 9.42. The first-order chi connectivity index (χ1) is 42.9. The minimum Gasteiger partial charge on any atom is -0.462 e. The zero-order chi connectivity index (χ0) is 65.7. The Labute approximate surface area is 543 Å². The van der Waals surface area contributed by atoms with Gasteiger partial charge < -0.3 is 33.8 Å². The number of esters is 4. The molecule has 5 atom stereocenters. The molecule has 0 radical (unpaired) electrons. The maximum atomic E-state index is 13.0. The minimum absolute atomic E-state index is 0.105. The van der Waals surface area contributed by atoms with Gasteiger partial charge in [-0.05, 0) is 37.5 Å². The van der Waals surface area contributed by atoms with Crippen molar-refractivity contribution < 1.29 is 80.2 Å². The molecule has 0 aromatic carbocycles. The third-order valence-corrected chi connectivity index (χ3v) is 18.1. The molecule has 0 aromatic rings. The molecule has 0 aliphatic rings. The molecule has 0 aliphatic carbocycles. The van der Waals surface area contributed by atoms with Crippen molar-refractivity contribution in [3.05, 3.63) is 0 Å². The van der Waals surface area contributed by atoms with Gasteiger partial charge in [0.2, 0.25) is 0 Å². The van der Waals surface area contributed by atoms with Crippen molar-refractivity contribution in [3.8, 4) is 0 Å². The Kier molecular flexibility index (Phi) is 60.8. The molecule has 0 aromatic heterocycles. The van der Waals surface area contributed by atoms with Crippen LogP contribution in [0.1, 0.15) is 356 Å². The van der Waals surface area contributed by atoms with Gasteiger partial charge in [0.05, 0.1) is 26.4 Å². The highest BCUT2D eigenvalue weighted by Crippen LogP contribution is 2.45. The zero-order valence-corrected chi connectivity index (χ0v) is 59.5. The predicted octanol–water partition coefficient (Wildman–Crippen LogP) is 20.0. The summed E-state index contributed by atoms with van der Waals surface area (Å²) in [4.78, 5) is 72.4. The molecule has 0 bridgehead atoms. The second-order valence-corrected chi connectivity index (χ2v) is 29.1. The Morgan fingerprint density at radius 1 is 0.303 bits per heavy atom. The average molecular weight is 1310 g/mol. The van der Waals surface area contributed by atoms with Crippen molar-refractivity contribution in [2.24, 2.45) is 11.8 Å². The van der Waals surface area contributed by atoms with Crippen LogP contribution < -0.4 is 0 Å². The third-order valence-electron chi connectivity index (χ3n) is 16.2. The van der Waals surface area contributed by atoms with E-state index in [4.69, 9.17) is 37.0 Å². The van der Waals surface area contributed by atoms with Crippen LogP contribution in [-0.2, 0) is 65.4 Å². The summed E-state index contributed by atoms with van der Waals surface area (Å²) in [7, 11) is -9.90. The van der Waals surface area contributed by atoms with Crippen molar-refractivity contribution >= 4 is 39.5 Å². The molecule has 0 heterocycles. The van der Waals surface area contributed by atoms with Crippen molar-refractivity contribution in [2.45, 2.75) is 374 Å². The number of aliphatic hydroxyl groups is 1. The number of carbonyl (C=O) groups excluding carboxylic acids is 4. The Morgan fingerprint density at radius 2 is 0.517 bits per heavy atom. The van der Waals surface area contributed by atoms with Crippen LogP contribution in [0.15, 0.2) is 0 Å². The van der Waals surface area contributed by atoms with E-state index >= 15 is 0 Å². The van der Waals surface area contributed by atoms with Crippen LogP contribution in [0.3, 0.4) is 0 Å². The molecule has 17 nitrogen and oxygen atoms in total. The van der Waals surface area contributed by atoms with Gasteiger partial charge in [0.15, 0.2) is 12.2 Å². The van der Waals surface area contributed by atoms with E-state index in [1.807, 2.05) is 0 Å². The normalized spacial score (nSPS) is 14.1. The lowest BCUT2D eigenvalue weighted by molar-refractivity contribution is -0.161. The van der Waals surface area contributed by atoms with Crippen molar-refractivity contribution in [1.29, 1.82) is 0 Å². The highest BCUT2D eigenvalue weighted by atomic mass is 31.2. The monoisotopic (exact) mass is 1310 g/mol. The Bertz CT molecular complexity index is 1730. The van der Waals surface area contributed by atoms with E-state index in [9.17, 15) is 43.2 Å². The SMILES string of the molecule is CCCCCCCCCCCCCCCCCCCCCC(=O)O[C@H](COC(=O)CCCCCCCCCCC(C)C)COP(=O)(O)OC[C@@H](O)COP(=O)(O)OC[C@@H](COC(=O)CCCCCCCCC(C)C)OC(=O)CCCCCCCCCCCC. The zero-order valence-electron chi connectivity index (χ0n) is 57.7. The lowest BCUT2D eigenvalue weighted by Gasteiger charge is -2.21. The van der Waals surface area contributed by atoms with E-state index in [1.165, 1.54) is 167 Å². The van der Waals surface area contributed by atoms with Gasteiger partial charge in [-0.2, -0.15) is 0 Å². The van der Waals surface area contributed by atoms with Crippen LogP contribution in [-0.4, -0.2) is 96.7 Å². The second-order valence-electron chi connectivity index (χ2n) is 26.2. The summed E-state index contributed by atoms with van der Waals surface area (Å²) in [6, 6.07) is 0. The smallest absolute Gasteiger partial charge is 0.462 e. The summed E-state index contributed by atoms with van der Waals surface area (Å²) >= 11 is 0. The summed E-state index contributed by atoms with van der Waals surface area (Å²) in [5.74, 6) is -0.722. The molecule has 0 fully saturated rings. The standard InChI is InChI=1S/C70H136O17P2/c1-7-9-11-13-15-17-19-20-21-22-23-24-25-26-27-29-35-43-49-55-70(75)86-65(58-80-67(72)52-46-40-33-31-30-32-38-44-50-62(3)4)60-84-88(76,77)82-56-64(71)57-83-89(78,79)85-61-66(59-81-68(73)53-47-41-37-36-39-45-51-63(5)6)87-69(74)54-48-42-34-28-18-16-14-12-10-8-2/h62-66,71H,7-61H2,1-6H3,(H,76,77)(H,78,79)/t64-,65-,66-/m1/s1. The summed E-state index contributed by atoms with van der Waals surface area (Å²) in [5.41, 5.74) is 0. The van der Waals surface area contributed by atoms with E-state index in [0.717, 1.165) is 102 Å². The van der Waals surface area contributed by atoms with Crippen LogP contribution in [0.25, 0.3) is 0 Å². The maximum Gasteiger partial charge on any atom is 0.472 e. The van der Waals surface area contributed by atoms with E-state index in [1.54, 1.807) is 0 Å². The van der Waals surface area contributed by atoms with Crippen molar-refractivity contribution in [2.75, 3.05) is 39.6 Å². The number of unbranched alkanes of at least 4 members (excludes halogenated alkanes) is 39. The second kappa shape index (κ2) is 62.2. The van der Waals surface area contributed by atoms with Crippen LogP contribution in [0, 0.1) is 11.8 Å². The Hall–Kier alpha value is -1.94. The number of aliphatic hydroxyl groups excluding tert-OH is 1. The number of rotatable bonds is 69. The van der Waals surface area contributed by atoms with Gasteiger partial charge >= 0.3 is 39.5 Å². The number of phosphoric acid groups is 2. The van der Waals surface area contributed by atoms with Crippen LogP contribution in [0.4, 0.5) is 0 Å². The number of hydrogen-bond donors (Lipinski definition) is 3. The molecular weight excluding hydrogens is 1170 g/mol. The minimum atomic E-state index is -4.95. The topological polar surface area (TPSA) is 237 Å². The highest BCUT2D eigenvalue weighted by molar-refractivity contribution is 7.47. The molecule has 0 saturated carbocycles. The van der Waals surface area contributed by atoms with Gasteiger partial charge in [0.25, 0.3) is 0 Å². The molecule has 2 unspecified atom stereocenters. The first-order valence-electron chi connectivity index (χ1n) is 36.5. The fourth-order valence-electron chi connectivity index (χ4n) is 10.6. The number of phosphoric ester groups is 2. The highest BCUT2D eigenvalue weighted by Gasteiger charge is 2.30. The molecule has 89 heavy (non-hydrogen) atoms. The first-order valence-corrected chi connectivity index (χ1v) is 39.5. The number of ether oxygens (including phenoxy) is 4. The van der Waals surface area contributed by atoms with Gasteiger partial charge in [-0.3, -0.25) is 37.3 Å². The third kappa shape index (κ3) is 64.6. The lowest BCUT2D eigenvalue weighted by Crippen LogP contribution is -2.30. The molecule has 0 amide bonds. The summed E-state index contributed by atoms with van der Waals surface area (Å²) < 4.78 is 68.2. The molecule has 0 rings (SSSR count). The molecule has 0 saturated heterocycles. The molecule has 19 heteroatoms. The van der Waals surface area contributed by atoms with E-state index < -0.39 is 97.5 Å². The fraction of sp³-hybridized carbons (Fsp3) is 0.943. The van der Waals surface area contributed by atoms with Crippen molar-refractivity contribution in [1.82, 2.24) is 0 Å². The maximum absolute atomic E-state index is 13.0. The fourth-order valence-corrected chi connectivity index (χ4v) is 12.2. The largest absolute Gasteiger partial charge is 0.472 e. The summed E-state index contributed by atoms with van der Waals surface area (Å²) in [6.07, 6.45) is 47.5. The van der Waals surface area contributed by atoms with E-state index in [-0.39, 0.29) is 25.7 Å². The van der Waals surface area contributed by atoms with Crippen molar-refractivity contribution in [3.63, 3.8) is 0 Å². The lowest BCUT2D eigenvalue weighted by atomic mass is 10.0. The van der Waals surface area contributed by atoms with E-state index in [0.29, 0.717) is 31.6 Å². The van der Waals surface area contributed by atoms with Gasteiger partial charge in [0.1, 0.15) is 19.3 Å². The Morgan fingerprint density at radius 3 is 0.764 bits per heavy atom. The van der Waals surface area contributed by atoms with E-state index in [2.05, 4.69) is 41.5 Å². The van der Waals surface area contributed by atoms with Crippen LogP contribution >= 0.6 is 15.6 Å². The van der Waals surface area contributed by atoms with Gasteiger partial charge in [0, 0.05) is 25.7 Å². The number of carbonyl (C=O) groups is 4. The quantitative estimate of drug-likeness (QED) is 0.0222.